The second kappa shape index (κ2) is 3.89. The van der Waals surface area contributed by atoms with E-state index in [0.717, 1.165) is 0 Å². The van der Waals surface area contributed by atoms with Gasteiger partial charge in [-0.25, -0.2) is 5.48 Å². The molecule has 4 heteroatoms. The van der Waals surface area contributed by atoms with Crippen LogP contribution in [-0.4, -0.2) is 11.5 Å². The standard InChI is InChI=1S/C9H13NO2S/c1-9(2,3)12-10-8(11)7-4-5-13-6-7/h4-6H,1-3H3,(H,10,11). The van der Waals surface area contributed by atoms with Gasteiger partial charge in [-0.05, 0) is 32.2 Å². The van der Waals surface area contributed by atoms with Crippen molar-refractivity contribution < 1.29 is 9.63 Å². The van der Waals surface area contributed by atoms with Crippen LogP contribution in [-0.2, 0) is 4.84 Å². The minimum absolute atomic E-state index is 0.198. The quantitative estimate of drug-likeness (QED) is 0.741. The van der Waals surface area contributed by atoms with Gasteiger partial charge >= 0.3 is 0 Å². The number of nitrogens with one attached hydrogen (secondary N) is 1. The van der Waals surface area contributed by atoms with Crippen LogP contribution in [0.4, 0.5) is 0 Å². The zero-order chi connectivity index (χ0) is 9.90. The van der Waals surface area contributed by atoms with Gasteiger partial charge in [0.15, 0.2) is 0 Å². The van der Waals surface area contributed by atoms with E-state index >= 15 is 0 Å². The van der Waals surface area contributed by atoms with Crippen molar-refractivity contribution in [2.45, 2.75) is 26.4 Å². The van der Waals surface area contributed by atoms with Crippen molar-refractivity contribution in [3.05, 3.63) is 22.4 Å². The third-order valence-corrected chi connectivity index (χ3v) is 1.92. The fourth-order valence-electron chi connectivity index (χ4n) is 0.652. The molecule has 0 bridgehead atoms. The fraction of sp³-hybridized carbons (Fsp3) is 0.444. The van der Waals surface area contributed by atoms with Gasteiger partial charge in [0.1, 0.15) is 0 Å². The average Bonchev–Trinajstić information content (AvgIpc) is 2.50. The summed E-state index contributed by atoms with van der Waals surface area (Å²) in [6, 6.07) is 1.76. The summed E-state index contributed by atoms with van der Waals surface area (Å²) in [6.45, 7) is 5.63. The minimum atomic E-state index is -0.355. The van der Waals surface area contributed by atoms with Crippen LogP contribution in [0.1, 0.15) is 31.1 Å². The summed E-state index contributed by atoms with van der Waals surface area (Å²) < 4.78 is 0. The Bertz CT molecular complexity index is 274. The lowest BCUT2D eigenvalue weighted by molar-refractivity contribution is -0.0589. The molecule has 0 aliphatic rings. The largest absolute Gasteiger partial charge is 0.275 e. The topological polar surface area (TPSA) is 38.3 Å². The summed E-state index contributed by atoms with van der Waals surface area (Å²) >= 11 is 1.48. The molecular weight excluding hydrogens is 186 g/mol. The molecule has 1 amide bonds. The summed E-state index contributed by atoms with van der Waals surface area (Å²) in [7, 11) is 0. The van der Waals surface area contributed by atoms with E-state index in [9.17, 15) is 4.79 Å². The molecule has 0 aliphatic carbocycles. The molecule has 3 nitrogen and oxygen atoms in total. The summed E-state index contributed by atoms with van der Waals surface area (Å²) in [5, 5.41) is 3.63. The highest BCUT2D eigenvalue weighted by Crippen LogP contribution is 2.08. The van der Waals surface area contributed by atoms with Crippen molar-refractivity contribution in [3.8, 4) is 0 Å². The summed E-state index contributed by atoms with van der Waals surface area (Å²) in [5.74, 6) is -0.198. The Morgan fingerprint density at radius 1 is 1.54 bits per heavy atom. The summed E-state index contributed by atoms with van der Waals surface area (Å²) in [5.41, 5.74) is 2.67. The number of carbonyl (C=O) groups excluding carboxylic acids is 1. The maximum absolute atomic E-state index is 11.3. The molecule has 0 aliphatic heterocycles. The maximum Gasteiger partial charge on any atom is 0.275 e. The Hall–Kier alpha value is -0.870. The van der Waals surface area contributed by atoms with Crippen molar-refractivity contribution in [2.24, 2.45) is 0 Å². The van der Waals surface area contributed by atoms with E-state index in [-0.39, 0.29) is 11.5 Å². The first kappa shape index (κ1) is 10.2. The second-order valence-electron chi connectivity index (χ2n) is 3.66. The van der Waals surface area contributed by atoms with Crippen molar-refractivity contribution in [2.75, 3.05) is 0 Å². The molecule has 1 N–H and O–H groups in total. The molecule has 0 saturated carbocycles. The average molecular weight is 199 g/mol. The van der Waals surface area contributed by atoms with E-state index in [4.69, 9.17) is 4.84 Å². The molecule has 1 heterocycles. The number of carbonyl (C=O) groups is 1. The fourth-order valence-corrected chi connectivity index (χ4v) is 1.29. The van der Waals surface area contributed by atoms with E-state index in [0.29, 0.717) is 5.56 Å². The first-order chi connectivity index (χ1) is 5.99. The normalized spacial score (nSPS) is 11.3. The second-order valence-corrected chi connectivity index (χ2v) is 4.44. The van der Waals surface area contributed by atoms with Crippen molar-refractivity contribution in [1.82, 2.24) is 5.48 Å². The van der Waals surface area contributed by atoms with E-state index in [1.807, 2.05) is 26.2 Å². The molecule has 1 aromatic rings. The lowest BCUT2D eigenvalue weighted by Gasteiger charge is -2.18. The van der Waals surface area contributed by atoms with Gasteiger partial charge in [0.05, 0.1) is 11.2 Å². The molecule has 0 fully saturated rings. The Labute approximate surface area is 81.7 Å². The number of hydroxylamine groups is 1. The highest BCUT2D eigenvalue weighted by atomic mass is 32.1. The van der Waals surface area contributed by atoms with Crippen LogP contribution in [0, 0.1) is 0 Å². The molecule has 1 aromatic heterocycles. The van der Waals surface area contributed by atoms with Crippen LogP contribution < -0.4 is 5.48 Å². The predicted octanol–water partition coefficient (Wildman–Crippen LogP) is 2.21. The van der Waals surface area contributed by atoms with E-state index in [1.54, 1.807) is 11.4 Å². The molecule has 0 spiro atoms. The van der Waals surface area contributed by atoms with Crippen LogP contribution in [0.5, 0.6) is 0 Å². The van der Waals surface area contributed by atoms with Gasteiger partial charge in [0.25, 0.3) is 5.91 Å². The number of hydrogen-bond donors (Lipinski definition) is 1. The van der Waals surface area contributed by atoms with Gasteiger partial charge in [-0.15, -0.1) is 0 Å². The number of hydrogen-bond acceptors (Lipinski definition) is 3. The molecule has 0 atom stereocenters. The maximum atomic E-state index is 11.3. The van der Waals surface area contributed by atoms with Crippen molar-refractivity contribution in [3.63, 3.8) is 0 Å². The SMILES string of the molecule is CC(C)(C)ONC(=O)c1ccsc1. The van der Waals surface area contributed by atoms with Crippen LogP contribution in [0.2, 0.25) is 0 Å². The van der Waals surface area contributed by atoms with E-state index in [2.05, 4.69) is 5.48 Å². The van der Waals surface area contributed by atoms with Crippen molar-refractivity contribution >= 4 is 17.2 Å². The molecule has 0 aromatic carbocycles. The Morgan fingerprint density at radius 3 is 2.69 bits per heavy atom. The number of thiophene rings is 1. The monoisotopic (exact) mass is 199 g/mol. The number of rotatable bonds is 2. The molecule has 0 saturated heterocycles. The first-order valence-corrected chi connectivity index (χ1v) is 4.94. The van der Waals surface area contributed by atoms with Gasteiger partial charge in [-0.2, -0.15) is 11.3 Å². The highest BCUT2D eigenvalue weighted by molar-refractivity contribution is 7.08. The predicted molar refractivity (Wildman–Crippen MR) is 52.6 cm³/mol. The van der Waals surface area contributed by atoms with Gasteiger partial charge in [0.2, 0.25) is 0 Å². The van der Waals surface area contributed by atoms with E-state index in [1.165, 1.54) is 11.3 Å². The molecule has 1 rings (SSSR count). The van der Waals surface area contributed by atoms with Gasteiger partial charge < -0.3 is 0 Å². The van der Waals surface area contributed by atoms with Crippen LogP contribution in [0.3, 0.4) is 0 Å². The van der Waals surface area contributed by atoms with Crippen LogP contribution in [0.15, 0.2) is 16.8 Å². The summed E-state index contributed by atoms with van der Waals surface area (Å²) in [6.07, 6.45) is 0. The van der Waals surface area contributed by atoms with Gasteiger partial charge in [-0.1, -0.05) is 0 Å². The molecule has 72 valence electrons. The third-order valence-electron chi connectivity index (χ3n) is 1.23. The third kappa shape index (κ3) is 3.57. The van der Waals surface area contributed by atoms with Crippen molar-refractivity contribution in [1.29, 1.82) is 0 Å². The zero-order valence-electron chi connectivity index (χ0n) is 7.96. The van der Waals surface area contributed by atoms with Crippen LogP contribution >= 0.6 is 11.3 Å². The smallest absolute Gasteiger partial charge is 0.268 e. The first-order valence-electron chi connectivity index (χ1n) is 3.99. The van der Waals surface area contributed by atoms with Gasteiger partial charge in [-0.3, -0.25) is 9.63 Å². The van der Waals surface area contributed by atoms with E-state index < -0.39 is 0 Å². The molecular formula is C9H13NO2S. The Morgan fingerprint density at radius 2 is 2.23 bits per heavy atom. The molecule has 13 heavy (non-hydrogen) atoms. The van der Waals surface area contributed by atoms with Crippen LogP contribution in [0.25, 0.3) is 0 Å². The molecule has 0 unspecified atom stereocenters. The highest BCUT2D eigenvalue weighted by Gasteiger charge is 2.13. The lowest BCUT2D eigenvalue weighted by atomic mass is 10.2. The lowest BCUT2D eigenvalue weighted by Crippen LogP contribution is -2.33. The Balaban J connectivity index is 2.44. The molecule has 0 radical (unpaired) electrons. The zero-order valence-corrected chi connectivity index (χ0v) is 8.77. The summed E-state index contributed by atoms with van der Waals surface area (Å²) in [4.78, 5) is 16.4. The Kier molecular flexibility index (Phi) is 3.06. The van der Waals surface area contributed by atoms with Gasteiger partial charge in [0, 0.05) is 5.38 Å². The minimum Gasteiger partial charge on any atom is -0.268 e. The number of amides is 1.